The van der Waals surface area contributed by atoms with Gasteiger partial charge in [0.15, 0.2) is 4.34 Å². The molecular weight excluding hydrogens is 310 g/mol. The lowest BCUT2D eigenvalue weighted by atomic mass is 10.1. The molecule has 2 N–H and O–H groups in total. The predicted octanol–water partition coefficient (Wildman–Crippen LogP) is 0.668. The zero-order valence-corrected chi connectivity index (χ0v) is 12.9. The van der Waals surface area contributed by atoms with Gasteiger partial charge < -0.3 is 15.2 Å². The van der Waals surface area contributed by atoms with Crippen LogP contribution in [0.15, 0.2) is 17.0 Å². The Kier molecular flexibility index (Phi) is 4.34. The van der Waals surface area contributed by atoms with Crippen molar-refractivity contribution in [2.24, 2.45) is 0 Å². The summed E-state index contributed by atoms with van der Waals surface area (Å²) >= 11 is 2.70. The van der Waals surface area contributed by atoms with Crippen LogP contribution < -0.4 is 5.73 Å². The van der Waals surface area contributed by atoms with Crippen LogP contribution in [-0.2, 0) is 4.79 Å². The van der Waals surface area contributed by atoms with Gasteiger partial charge in [0.25, 0.3) is 0 Å². The highest BCUT2D eigenvalue weighted by Gasteiger charge is 2.23. The van der Waals surface area contributed by atoms with Crippen LogP contribution in [0.2, 0.25) is 0 Å². The van der Waals surface area contributed by atoms with E-state index in [1.54, 1.807) is 12.7 Å². The molecule has 0 unspecified atom stereocenters. The van der Waals surface area contributed by atoms with Crippen molar-refractivity contribution in [3.05, 3.63) is 12.7 Å². The fraction of sp³-hybridized carbons (Fsp3) is 0.545. The Balaban J connectivity index is 1.46. The van der Waals surface area contributed by atoms with Crippen LogP contribution in [0, 0.1) is 0 Å². The smallest absolute Gasteiger partial charge is 0.233 e. The standard InChI is InChI=1S/C11H15N7OS2/c12-10-15-16-11(21-10)20-5-9(19)17-3-1-8(2-4-17)18-6-13-14-7-18/h6-8H,1-5H2,(H2,12,15). The number of likely N-dealkylation sites (tertiary alicyclic amines) is 1. The summed E-state index contributed by atoms with van der Waals surface area (Å²) in [5.41, 5.74) is 5.51. The lowest BCUT2D eigenvalue weighted by Gasteiger charge is -2.32. The predicted molar refractivity (Wildman–Crippen MR) is 79.9 cm³/mol. The molecule has 0 aromatic carbocycles. The van der Waals surface area contributed by atoms with E-state index in [4.69, 9.17) is 5.73 Å². The van der Waals surface area contributed by atoms with E-state index >= 15 is 0 Å². The molecule has 21 heavy (non-hydrogen) atoms. The minimum atomic E-state index is 0.135. The van der Waals surface area contributed by atoms with Crippen LogP contribution in [0.3, 0.4) is 0 Å². The average molecular weight is 325 g/mol. The molecule has 3 rings (SSSR count). The zero-order chi connectivity index (χ0) is 14.7. The van der Waals surface area contributed by atoms with Gasteiger partial charge in [0.2, 0.25) is 11.0 Å². The van der Waals surface area contributed by atoms with Gasteiger partial charge in [0.1, 0.15) is 12.7 Å². The van der Waals surface area contributed by atoms with Gasteiger partial charge in [-0.05, 0) is 12.8 Å². The summed E-state index contributed by atoms with van der Waals surface area (Å²) in [5, 5.41) is 15.7. The van der Waals surface area contributed by atoms with Crippen molar-refractivity contribution in [2.45, 2.75) is 23.2 Å². The summed E-state index contributed by atoms with van der Waals surface area (Å²) in [5.74, 6) is 0.516. The molecule has 1 amide bonds. The normalized spacial score (nSPS) is 16.3. The third kappa shape index (κ3) is 3.50. The van der Waals surface area contributed by atoms with Crippen molar-refractivity contribution >= 4 is 34.1 Å². The number of anilines is 1. The Labute approximate surface area is 129 Å². The van der Waals surface area contributed by atoms with Crippen molar-refractivity contribution in [2.75, 3.05) is 24.6 Å². The average Bonchev–Trinajstić information content (AvgIpc) is 3.16. The summed E-state index contributed by atoms with van der Waals surface area (Å²) in [6.07, 6.45) is 5.33. The van der Waals surface area contributed by atoms with Crippen LogP contribution in [0.4, 0.5) is 5.13 Å². The molecule has 2 aromatic rings. The van der Waals surface area contributed by atoms with Gasteiger partial charge in [0.05, 0.1) is 5.75 Å². The van der Waals surface area contributed by atoms with E-state index in [2.05, 4.69) is 20.4 Å². The largest absolute Gasteiger partial charge is 0.374 e. The molecule has 0 spiro atoms. The topological polar surface area (TPSA) is 103 Å². The third-order valence-corrected chi connectivity index (χ3v) is 5.29. The van der Waals surface area contributed by atoms with Crippen molar-refractivity contribution in [1.82, 2.24) is 29.9 Å². The van der Waals surface area contributed by atoms with E-state index < -0.39 is 0 Å². The number of nitrogen functional groups attached to an aromatic ring is 1. The minimum absolute atomic E-state index is 0.135. The quantitative estimate of drug-likeness (QED) is 0.824. The molecule has 0 bridgehead atoms. The number of aromatic nitrogens is 5. The Morgan fingerprint density at radius 2 is 2.05 bits per heavy atom. The summed E-state index contributed by atoms with van der Waals surface area (Å²) in [7, 11) is 0. The summed E-state index contributed by atoms with van der Waals surface area (Å²) in [6, 6.07) is 0.389. The minimum Gasteiger partial charge on any atom is -0.374 e. The molecule has 10 heteroatoms. The zero-order valence-electron chi connectivity index (χ0n) is 11.3. The Morgan fingerprint density at radius 1 is 1.33 bits per heavy atom. The van der Waals surface area contributed by atoms with Gasteiger partial charge in [-0.1, -0.05) is 23.1 Å². The number of carbonyl (C=O) groups is 1. The first-order chi connectivity index (χ1) is 10.2. The molecule has 1 aliphatic heterocycles. The molecule has 0 radical (unpaired) electrons. The van der Waals surface area contributed by atoms with Gasteiger partial charge in [-0.2, -0.15) is 0 Å². The SMILES string of the molecule is Nc1nnc(SCC(=O)N2CCC(n3cnnc3)CC2)s1. The van der Waals surface area contributed by atoms with E-state index in [0.717, 1.165) is 30.3 Å². The maximum atomic E-state index is 12.2. The number of piperidine rings is 1. The molecule has 0 saturated carbocycles. The van der Waals surface area contributed by atoms with E-state index in [0.29, 0.717) is 16.9 Å². The lowest BCUT2D eigenvalue weighted by molar-refractivity contribution is -0.129. The van der Waals surface area contributed by atoms with Crippen molar-refractivity contribution in [3.63, 3.8) is 0 Å². The second kappa shape index (κ2) is 6.39. The summed E-state index contributed by atoms with van der Waals surface area (Å²) < 4.78 is 2.75. The summed E-state index contributed by atoms with van der Waals surface area (Å²) in [6.45, 7) is 1.53. The second-order valence-corrected chi connectivity index (χ2v) is 6.95. The maximum Gasteiger partial charge on any atom is 0.233 e. The number of nitrogens with zero attached hydrogens (tertiary/aromatic N) is 6. The van der Waals surface area contributed by atoms with Gasteiger partial charge in [-0.25, -0.2) is 0 Å². The number of amides is 1. The van der Waals surface area contributed by atoms with E-state index in [-0.39, 0.29) is 5.91 Å². The number of hydrogen-bond donors (Lipinski definition) is 1. The van der Waals surface area contributed by atoms with Crippen LogP contribution in [0.1, 0.15) is 18.9 Å². The van der Waals surface area contributed by atoms with Crippen molar-refractivity contribution in [3.8, 4) is 0 Å². The van der Waals surface area contributed by atoms with E-state index in [1.807, 2.05) is 9.47 Å². The van der Waals surface area contributed by atoms with Crippen molar-refractivity contribution < 1.29 is 4.79 Å². The van der Waals surface area contributed by atoms with Gasteiger partial charge in [-0.3, -0.25) is 4.79 Å². The van der Waals surface area contributed by atoms with Crippen LogP contribution in [0.5, 0.6) is 0 Å². The van der Waals surface area contributed by atoms with Gasteiger partial charge in [-0.15, -0.1) is 20.4 Å². The number of nitrogens with two attached hydrogens (primary N) is 1. The fourth-order valence-electron chi connectivity index (χ4n) is 2.30. The molecule has 112 valence electrons. The number of carbonyl (C=O) groups excluding carboxylic acids is 1. The Morgan fingerprint density at radius 3 is 2.67 bits per heavy atom. The Bertz CT molecular complexity index is 591. The molecule has 1 saturated heterocycles. The molecular formula is C11H15N7OS2. The highest BCUT2D eigenvalue weighted by atomic mass is 32.2. The molecule has 0 aliphatic carbocycles. The van der Waals surface area contributed by atoms with Crippen LogP contribution in [-0.4, -0.2) is 54.6 Å². The van der Waals surface area contributed by atoms with E-state index in [9.17, 15) is 4.79 Å². The maximum absolute atomic E-state index is 12.2. The number of thioether (sulfide) groups is 1. The first-order valence-corrected chi connectivity index (χ1v) is 8.36. The fourth-order valence-corrected chi connectivity index (χ4v) is 3.84. The van der Waals surface area contributed by atoms with E-state index in [1.165, 1.54) is 23.1 Å². The number of hydrogen-bond acceptors (Lipinski definition) is 8. The Hall–Kier alpha value is -1.68. The highest BCUT2D eigenvalue weighted by Crippen LogP contribution is 2.25. The van der Waals surface area contributed by atoms with Crippen LogP contribution >= 0.6 is 23.1 Å². The molecule has 1 fully saturated rings. The third-order valence-electron chi connectivity index (χ3n) is 3.42. The van der Waals surface area contributed by atoms with Crippen LogP contribution in [0.25, 0.3) is 0 Å². The monoisotopic (exact) mass is 325 g/mol. The second-order valence-electron chi connectivity index (χ2n) is 4.72. The molecule has 3 heterocycles. The first kappa shape index (κ1) is 14.3. The molecule has 8 nitrogen and oxygen atoms in total. The molecule has 1 aliphatic rings. The molecule has 0 atom stereocenters. The lowest BCUT2D eigenvalue weighted by Crippen LogP contribution is -2.39. The highest BCUT2D eigenvalue weighted by molar-refractivity contribution is 8.01. The number of rotatable bonds is 4. The summed E-state index contributed by atoms with van der Waals surface area (Å²) in [4.78, 5) is 14.1. The van der Waals surface area contributed by atoms with Crippen molar-refractivity contribution in [1.29, 1.82) is 0 Å². The molecule has 2 aromatic heterocycles. The van der Waals surface area contributed by atoms with Gasteiger partial charge >= 0.3 is 0 Å². The first-order valence-electron chi connectivity index (χ1n) is 6.56. The van der Waals surface area contributed by atoms with Gasteiger partial charge in [0, 0.05) is 19.1 Å².